The molecule has 0 heterocycles. The van der Waals surface area contributed by atoms with Gasteiger partial charge in [-0.2, -0.15) is 0 Å². The average molecular weight is 343 g/mol. The Morgan fingerprint density at radius 1 is 0.824 bits per heavy atom. The summed E-state index contributed by atoms with van der Waals surface area (Å²) >= 11 is 0. The number of hydroxylamine groups is 2. The van der Waals surface area contributed by atoms with Crippen LogP contribution in [-0.2, 0) is 20.4 Å². The van der Waals surface area contributed by atoms with Crippen molar-refractivity contribution in [1.29, 1.82) is 0 Å². The maximum absolute atomic E-state index is 9.44. The quantitative estimate of drug-likeness (QED) is 0.153. The van der Waals surface area contributed by atoms with E-state index < -0.39 is 11.6 Å². The maximum atomic E-state index is 9.44. The van der Waals surface area contributed by atoms with E-state index in [-0.39, 0.29) is 32.1 Å². The van der Waals surface area contributed by atoms with Gasteiger partial charge in [0, 0.05) is 20.4 Å². The molecule has 0 saturated carbocycles. The zero-order valence-corrected chi connectivity index (χ0v) is 9.79. The Morgan fingerprint density at radius 3 is 1.12 bits per heavy atom. The third-order valence-corrected chi connectivity index (χ3v) is 0.990. The first-order valence-electron chi connectivity index (χ1n) is 3.41. The fraction of sp³-hybridized carbons (Fsp3) is 0. The second-order valence-electron chi connectivity index (χ2n) is 2.00. The fourth-order valence-corrected chi connectivity index (χ4v) is 0.213. The Morgan fingerprint density at radius 2 is 1.06 bits per heavy atom. The molecule has 0 aliphatic carbocycles. The molecule has 0 unspecified atom stereocenters. The van der Waals surface area contributed by atoms with Crippen molar-refractivity contribution in [2.45, 2.75) is 0 Å². The van der Waals surface area contributed by atoms with Gasteiger partial charge in [0.05, 0.1) is 0 Å². The minimum absolute atomic E-state index is 0. The Balaban J connectivity index is -0.000000218. The van der Waals surface area contributed by atoms with Crippen LogP contribution in [0.1, 0.15) is 0 Å². The van der Waals surface area contributed by atoms with Gasteiger partial charge < -0.3 is 22.9 Å². The first-order chi connectivity index (χ1) is 7.44. The molecule has 0 saturated heterocycles. The van der Waals surface area contributed by atoms with Crippen molar-refractivity contribution >= 4 is 0 Å². The summed E-state index contributed by atoms with van der Waals surface area (Å²) in [6, 6.07) is 0. The van der Waals surface area contributed by atoms with E-state index in [1.54, 1.807) is 0 Å². The van der Waals surface area contributed by atoms with E-state index in [9.17, 15) is 9.81 Å². The van der Waals surface area contributed by atoms with E-state index in [0.717, 1.165) is 0 Å². The van der Waals surface area contributed by atoms with Crippen LogP contribution < -0.4 is 33.9 Å². The van der Waals surface area contributed by atoms with Gasteiger partial charge in [-0.15, -0.1) is 9.81 Å². The SMILES string of the molecule is NC(N=O)=C(N)NO.NC(N=O)=C(N)NO.[Pd]. The molecule has 102 valence electrons. The van der Waals surface area contributed by atoms with Crippen LogP contribution in [0.2, 0.25) is 0 Å². The van der Waals surface area contributed by atoms with Gasteiger partial charge in [0.25, 0.3) is 0 Å². The minimum Gasteiger partial charge on any atom is -0.381 e. The molecule has 0 rings (SSSR count). The standard InChI is InChI=1S/2C2H6N4O2.Pd/c2*3-1(5-7)2(4)6-8;/h2*5,7H,3-4H2;. The van der Waals surface area contributed by atoms with Gasteiger partial charge in [-0.3, -0.25) is 21.4 Å². The molecule has 0 aromatic heterocycles. The van der Waals surface area contributed by atoms with Crippen LogP contribution in [0.5, 0.6) is 0 Å². The second kappa shape index (κ2) is 12.1. The summed E-state index contributed by atoms with van der Waals surface area (Å²) in [4.78, 5) is 18.9. The van der Waals surface area contributed by atoms with Crippen LogP contribution in [0.3, 0.4) is 0 Å². The van der Waals surface area contributed by atoms with Gasteiger partial charge in [0.15, 0.2) is 11.6 Å². The molecule has 0 amide bonds. The van der Waals surface area contributed by atoms with Crippen LogP contribution in [-0.4, -0.2) is 10.4 Å². The number of nitroso groups, excluding NO2 is 2. The summed E-state index contributed by atoms with van der Waals surface area (Å²) in [5.41, 5.74) is 22.1. The van der Waals surface area contributed by atoms with Crippen LogP contribution in [0.4, 0.5) is 0 Å². The molecule has 17 heavy (non-hydrogen) atoms. The van der Waals surface area contributed by atoms with E-state index in [0.29, 0.717) is 0 Å². The molecule has 13 heteroatoms. The number of nitrogens with one attached hydrogen (secondary N) is 2. The number of nitrogens with zero attached hydrogens (tertiary/aromatic N) is 2. The molecule has 0 spiro atoms. The van der Waals surface area contributed by atoms with E-state index in [4.69, 9.17) is 33.3 Å². The first-order valence-corrected chi connectivity index (χ1v) is 3.41. The van der Waals surface area contributed by atoms with Crippen molar-refractivity contribution in [1.82, 2.24) is 11.0 Å². The minimum atomic E-state index is -0.465. The van der Waals surface area contributed by atoms with Gasteiger partial charge in [-0.25, -0.2) is 0 Å². The number of hydrogen-bond acceptors (Lipinski definition) is 12. The summed E-state index contributed by atoms with van der Waals surface area (Å²) in [5, 5.41) is 20.3. The molecule has 0 atom stereocenters. The van der Waals surface area contributed by atoms with Crippen LogP contribution in [0, 0.1) is 9.81 Å². The molecule has 0 fully saturated rings. The van der Waals surface area contributed by atoms with E-state index in [1.807, 2.05) is 0 Å². The van der Waals surface area contributed by atoms with Gasteiger partial charge in [-0.1, -0.05) is 0 Å². The number of hydrogen-bond donors (Lipinski definition) is 8. The molecular weight excluding hydrogens is 331 g/mol. The Labute approximate surface area is 109 Å². The third-order valence-electron chi connectivity index (χ3n) is 0.990. The molecule has 0 aliphatic rings. The van der Waals surface area contributed by atoms with E-state index >= 15 is 0 Å². The van der Waals surface area contributed by atoms with Gasteiger partial charge in [-0.05, 0) is 10.4 Å². The summed E-state index contributed by atoms with van der Waals surface area (Å²) < 4.78 is 0. The topological polar surface area (TPSA) is 227 Å². The zero-order chi connectivity index (χ0) is 13.1. The van der Waals surface area contributed by atoms with Crippen LogP contribution in [0.15, 0.2) is 33.6 Å². The number of rotatable bonds is 4. The average Bonchev–Trinajstić information content (AvgIpc) is 2.35. The van der Waals surface area contributed by atoms with Crippen molar-refractivity contribution in [2.24, 2.45) is 33.3 Å². The van der Waals surface area contributed by atoms with Crippen molar-refractivity contribution in [3.05, 3.63) is 33.1 Å². The Bertz CT molecular complexity index is 274. The molecule has 12 nitrogen and oxygen atoms in total. The normalized spacial score (nSPS) is 11.4. The van der Waals surface area contributed by atoms with Crippen molar-refractivity contribution in [3.63, 3.8) is 0 Å². The van der Waals surface area contributed by atoms with E-state index in [1.165, 1.54) is 11.0 Å². The van der Waals surface area contributed by atoms with Crippen molar-refractivity contribution < 1.29 is 30.8 Å². The summed E-state index contributed by atoms with van der Waals surface area (Å²) in [6.45, 7) is 0. The first kappa shape index (κ1) is 20.5. The van der Waals surface area contributed by atoms with Crippen LogP contribution >= 0.6 is 0 Å². The predicted octanol–water partition coefficient (Wildman–Crippen LogP) is -2.45. The van der Waals surface area contributed by atoms with E-state index in [2.05, 4.69) is 10.4 Å². The van der Waals surface area contributed by atoms with Gasteiger partial charge in [0.2, 0.25) is 11.6 Å². The molecule has 12 N–H and O–H groups in total. The molecular formula is C4H12N8O4Pd. The monoisotopic (exact) mass is 342 g/mol. The summed E-state index contributed by atoms with van der Waals surface area (Å²) in [7, 11) is 0. The van der Waals surface area contributed by atoms with Gasteiger partial charge >= 0.3 is 0 Å². The van der Waals surface area contributed by atoms with Gasteiger partial charge in [0.1, 0.15) is 0 Å². The molecule has 0 aromatic carbocycles. The third kappa shape index (κ3) is 10.3. The largest absolute Gasteiger partial charge is 0.381 e. The summed E-state index contributed by atoms with van der Waals surface area (Å²) in [6.07, 6.45) is 0. The smallest absolute Gasteiger partial charge is 0.210 e. The number of nitrogens with two attached hydrogens (primary N) is 4. The summed E-state index contributed by atoms with van der Waals surface area (Å²) in [5.74, 6) is -1.62. The molecule has 0 radical (unpaired) electrons. The Kier molecular flexibility index (Phi) is 14.6. The predicted molar refractivity (Wildman–Crippen MR) is 52.2 cm³/mol. The molecule has 0 bridgehead atoms. The second-order valence-corrected chi connectivity index (χ2v) is 2.00. The van der Waals surface area contributed by atoms with Crippen molar-refractivity contribution in [3.8, 4) is 0 Å². The van der Waals surface area contributed by atoms with Crippen LogP contribution in [0.25, 0.3) is 0 Å². The fourth-order valence-electron chi connectivity index (χ4n) is 0.213. The molecule has 0 aromatic rings. The molecule has 0 aliphatic heterocycles. The maximum Gasteiger partial charge on any atom is 0.210 e. The zero-order valence-electron chi connectivity index (χ0n) is 8.23. The Hall–Kier alpha value is -1.94. The van der Waals surface area contributed by atoms with Crippen molar-refractivity contribution in [2.75, 3.05) is 0 Å².